The lowest BCUT2D eigenvalue weighted by Crippen LogP contribution is -2.22. The fraction of sp³-hybridized carbons (Fsp3) is 0.368. The molecule has 0 aromatic heterocycles. The molecule has 8 nitrogen and oxygen atoms in total. The van der Waals surface area contributed by atoms with Gasteiger partial charge in [0.2, 0.25) is 0 Å². The highest BCUT2D eigenvalue weighted by atomic mass is 15.2. The molecule has 0 radical (unpaired) electrons. The van der Waals surface area contributed by atoms with Crippen molar-refractivity contribution in [2.45, 2.75) is 69.2 Å². The Morgan fingerprint density at radius 3 is 1.04 bits per heavy atom. The van der Waals surface area contributed by atoms with Gasteiger partial charge < -0.3 is 0 Å². The monoisotopic (exact) mass is 633 g/mol. The Kier molecular flexibility index (Phi) is 74.3. The molecule has 0 saturated carbocycles. The van der Waals surface area contributed by atoms with E-state index < -0.39 is 0 Å². The molecule has 0 N–H and O–H groups in total. The fourth-order valence-electron chi connectivity index (χ4n) is 2.00. The average Bonchev–Trinajstić information content (AvgIpc) is 3.11. The highest BCUT2D eigenvalue weighted by Gasteiger charge is 1.77. The van der Waals surface area contributed by atoms with Crippen LogP contribution < -0.4 is 10.4 Å². The van der Waals surface area contributed by atoms with Crippen LogP contribution in [-0.4, -0.2) is 78.0 Å². The van der Waals surface area contributed by atoms with Crippen molar-refractivity contribution in [1.82, 2.24) is 0 Å². The van der Waals surface area contributed by atoms with Gasteiger partial charge in [0.15, 0.2) is 0 Å². The first kappa shape index (κ1) is 53.8. The third-order valence-corrected chi connectivity index (χ3v) is 3.92. The van der Waals surface area contributed by atoms with E-state index in [0.717, 1.165) is 0 Å². The van der Waals surface area contributed by atoms with Crippen molar-refractivity contribution in [3.8, 4) is 0 Å². The van der Waals surface area contributed by atoms with Crippen LogP contribution in [0.15, 0.2) is 113 Å². The molecule has 0 heterocycles. The molecule has 0 aliphatic rings. The molecule has 0 aliphatic carbocycles. The standard InChI is InChI=1S/C10H12.C6H10.2C5H9N.3C4H8N2/c1-3-9-7-5-6-8-10(9)4-2;1-3-5-6-4-2;1-3-4-5-6-2;1-3-5-6-4-2;1-5-3-4-6-2;1-3-6-4-5-2;1-3-5-6-4-2/h3-8H,1-2H3;3-6H,1-2H3;2*3-5H,1-2H3;3*3-4H,1-2H3/b9-3-,10-4-;5-3-,6-4-;4-3-,6-5?;5-3-,6-4?;;;5-3-,6-4-. The molecule has 1 aromatic rings. The summed E-state index contributed by atoms with van der Waals surface area (Å²) < 4.78 is 0. The quantitative estimate of drug-likeness (QED) is 0.130. The van der Waals surface area contributed by atoms with Crippen molar-refractivity contribution in [2.24, 2.45) is 40.2 Å². The molecular formula is C38H64N8. The number of rotatable bonds is 6. The maximum atomic E-state index is 3.78. The van der Waals surface area contributed by atoms with Gasteiger partial charge in [0.1, 0.15) is 6.34 Å². The molecule has 1 rings (SSSR count). The van der Waals surface area contributed by atoms with E-state index in [1.165, 1.54) is 16.8 Å². The predicted molar refractivity (Wildman–Crippen MR) is 220 cm³/mol. The van der Waals surface area contributed by atoms with Gasteiger partial charge in [-0.25, -0.2) is 0 Å². The normalized spacial score (nSPS) is 12.2. The number of nitrogens with zero attached hydrogens (tertiary/aromatic N) is 8. The van der Waals surface area contributed by atoms with Gasteiger partial charge in [0.05, 0.1) is 0 Å². The summed E-state index contributed by atoms with van der Waals surface area (Å²) in [4.78, 5) is 22.1. The number of aliphatic imine (C=N–C) groups is 6. The molecule has 0 bridgehead atoms. The Labute approximate surface area is 282 Å². The Hall–Kier alpha value is -4.72. The first-order valence-electron chi connectivity index (χ1n) is 15.1. The van der Waals surface area contributed by atoms with Crippen LogP contribution in [-0.2, 0) is 0 Å². The Bertz CT molecular complexity index is 927. The molecule has 0 fully saturated rings. The molecule has 46 heavy (non-hydrogen) atoms. The molecule has 1 aromatic carbocycles. The maximum Gasteiger partial charge on any atom is 0.109 e. The summed E-state index contributed by atoms with van der Waals surface area (Å²) in [6.45, 7) is 19.4. The second-order valence-electron chi connectivity index (χ2n) is 7.42. The zero-order valence-electron chi connectivity index (χ0n) is 31.3. The summed E-state index contributed by atoms with van der Waals surface area (Å²) >= 11 is 0. The lowest BCUT2D eigenvalue weighted by atomic mass is 10.2. The van der Waals surface area contributed by atoms with Crippen molar-refractivity contribution in [1.29, 1.82) is 0 Å². The van der Waals surface area contributed by atoms with Crippen molar-refractivity contribution < 1.29 is 0 Å². The molecule has 0 unspecified atom stereocenters. The molecule has 0 amide bonds. The number of hydrogen-bond donors (Lipinski definition) is 0. The largest absolute Gasteiger partial charge is 0.297 e. The minimum Gasteiger partial charge on any atom is -0.297 e. The molecular weight excluding hydrogens is 568 g/mol. The molecule has 0 atom stereocenters. The van der Waals surface area contributed by atoms with Gasteiger partial charge in [-0.15, -0.1) is 0 Å². The second-order valence-corrected chi connectivity index (χ2v) is 7.42. The molecule has 8 heteroatoms. The summed E-state index contributed by atoms with van der Waals surface area (Å²) in [6, 6.07) is 8.36. The predicted octanol–water partition coefficient (Wildman–Crippen LogP) is 8.51. The SMILES string of the molecule is C/C=C\C=C/C.C/C=C\C=NC.C/C=N\N=C/C.C/C=c1/cccc/c1=C/C.CC=N/C=C\C.CC=NC=NC.CN=CC=NC. The lowest BCUT2D eigenvalue weighted by molar-refractivity contribution is 1.26. The topological polar surface area (TPSA) is 98.9 Å². The van der Waals surface area contributed by atoms with Crippen molar-refractivity contribution in [3.63, 3.8) is 0 Å². The Morgan fingerprint density at radius 1 is 0.435 bits per heavy atom. The number of hydrogen-bond acceptors (Lipinski definition) is 7. The summed E-state index contributed by atoms with van der Waals surface area (Å²) in [7, 11) is 6.86. The van der Waals surface area contributed by atoms with Gasteiger partial charge in [-0.3, -0.25) is 30.0 Å². The van der Waals surface area contributed by atoms with E-state index in [2.05, 4.69) is 90.4 Å². The smallest absolute Gasteiger partial charge is 0.109 e. The first-order chi connectivity index (χ1) is 22.4. The average molecular weight is 633 g/mol. The van der Waals surface area contributed by atoms with Gasteiger partial charge in [0, 0.05) is 77.9 Å². The zero-order chi connectivity index (χ0) is 36.4. The third-order valence-electron chi connectivity index (χ3n) is 3.92. The summed E-state index contributed by atoms with van der Waals surface area (Å²) in [5.74, 6) is 0. The van der Waals surface area contributed by atoms with E-state index in [1.807, 2.05) is 97.9 Å². The van der Waals surface area contributed by atoms with Crippen LogP contribution in [0, 0.1) is 0 Å². The highest BCUT2D eigenvalue weighted by Crippen LogP contribution is 1.72. The van der Waals surface area contributed by atoms with E-state index >= 15 is 0 Å². The molecule has 0 spiro atoms. The van der Waals surface area contributed by atoms with Crippen LogP contribution in [0.25, 0.3) is 12.2 Å². The van der Waals surface area contributed by atoms with Gasteiger partial charge >= 0.3 is 0 Å². The van der Waals surface area contributed by atoms with E-state index in [1.54, 1.807) is 77.9 Å². The Morgan fingerprint density at radius 2 is 0.848 bits per heavy atom. The Balaban J connectivity index is -0.000000103. The highest BCUT2D eigenvalue weighted by molar-refractivity contribution is 6.15. The first-order valence-corrected chi connectivity index (χ1v) is 15.1. The van der Waals surface area contributed by atoms with Crippen molar-refractivity contribution >= 4 is 62.0 Å². The molecule has 0 saturated heterocycles. The number of allylic oxidation sites excluding steroid dienone is 7. The van der Waals surface area contributed by atoms with Crippen LogP contribution >= 0.6 is 0 Å². The van der Waals surface area contributed by atoms with Crippen LogP contribution in [0.4, 0.5) is 0 Å². The minimum absolute atomic E-state index is 1.31. The summed E-state index contributed by atoms with van der Waals surface area (Å²) in [5, 5.41) is 9.69. The van der Waals surface area contributed by atoms with Crippen LogP contribution in [0.3, 0.4) is 0 Å². The van der Waals surface area contributed by atoms with Gasteiger partial charge in [-0.05, 0) is 85.8 Å². The van der Waals surface area contributed by atoms with E-state index in [0.29, 0.717) is 0 Å². The maximum absolute atomic E-state index is 3.78. The van der Waals surface area contributed by atoms with Crippen molar-refractivity contribution in [3.05, 3.63) is 83.4 Å². The third kappa shape index (κ3) is 72.0. The van der Waals surface area contributed by atoms with Gasteiger partial charge in [-0.1, -0.05) is 72.9 Å². The van der Waals surface area contributed by atoms with Crippen molar-refractivity contribution in [2.75, 3.05) is 28.2 Å². The van der Waals surface area contributed by atoms with E-state index in [-0.39, 0.29) is 0 Å². The number of benzene rings is 1. The summed E-state index contributed by atoms with van der Waals surface area (Å²) in [5.41, 5.74) is 0. The lowest BCUT2D eigenvalue weighted by Gasteiger charge is -1.85. The van der Waals surface area contributed by atoms with E-state index in [4.69, 9.17) is 0 Å². The fourth-order valence-corrected chi connectivity index (χ4v) is 2.00. The summed E-state index contributed by atoms with van der Waals surface area (Å²) in [6.07, 6.45) is 32.9. The van der Waals surface area contributed by atoms with Crippen LogP contribution in [0.5, 0.6) is 0 Å². The van der Waals surface area contributed by atoms with Gasteiger partial charge in [-0.2, -0.15) is 10.2 Å². The molecule has 0 aliphatic heterocycles. The van der Waals surface area contributed by atoms with Crippen LogP contribution in [0.1, 0.15) is 69.2 Å². The van der Waals surface area contributed by atoms with E-state index in [9.17, 15) is 0 Å². The minimum atomic E-state index is 1.31. The molecule has 256 valence electrons. The second kappa shape index (κ2) is 63.5. The van der Waals surface area contributed by atoms with Crippen LogP contribution in [0.2, 0.25) is 0 Å². The zero-order valence-corrected chi connectivity index (χ0v) is 31.3. The van der Waals surface area contributed by atoms with Gasteiger partial charge in [0.25, 0.3) is 0 Å².